The summed E-state index contributed by atoms with van der Waals surface area (Å²) < 4.78 is 0. The summed E-state index contributed by atoms with van der Waals surface area (Å²) in [5, 5.41) is 29.6. The minimum absolute atomic E-state index is 0.175. The second kappa shape index (κ2) is 6.87. The highest BCUT2D eigenvalue weighted by Crippen LogP contribution is 2.38. The fraction of sp³-hybridized carbons (Fsp3) is 0.318. The van der Waals surface area contributed by atoms with Crippen LogP contribution in [0.4, 0.5) is 0 Å². The number of hydrogen-bond acceptors (Lipinski definition) is 5. The molecule has 2 aliphatic heterocycles. The Morgan fingerprint density at radius 1 is 1.04 bits per heavy atom. The van der Waals surface area contributed by atoms with E-state index in [4.69, 9.17) is 0 Å². The summed E-state index contributed by atoms with van der Waals surface area (Å²) in [7, 11) is 0. The molecule has 0 aliphatic carbocycles. The average molecular weight is 373 g/mol. The molecule has 3 aromatic rings. The number of aromatic amines is 1. The Morgan fingerprint density at radius 3 is 2.50 bits per heavy atom. The lowest BCUT2D eigenvalue weighted by molar-refractivity contribution is 0.351. The summed E-state index contributed by atoms with van der Waals surface area (Å²) in [6.45, 7) is 4.32. The first-order chi connectivity index (χ1) is 13.7. The fourth-order valence-corrected chi connectivity index (χ4v) is 4.53. The van der Waals surface area contributed by atoms with Crippen LogP contribution in [-0.4, -0.2) is 37.6 Å². The summed E-state index contributed by atoms with van der Waals surface area (Å²) in [4.78, 5) is 0. The van der Waals surface area contributed by atoms with Crippen molar-refractivity contribution in [2.75, 3.05) is 0 Å². The van der Waals surface area contributed by atoms with Gasteiger partial charge in [0.25, 0.3) is 0 Å². The number of H-pyrrole nitrogens is 1. The maximum atomic E-state index is 10.5. The molecule has 0 radical (unpaired) electrons. The van der Waals surface area contributed by atoms with E-state index < -0.39 is 0 Å². The molecule has 0 saturated carbocycles. The number of phenolic OH excluding ortho intramolecular Hbond substituents is 1. The SMILES string of the molecule is C=C(c1ccc(-c2ccc(-c3cn[nH]c3)cc2O)nn1)C1C[C@H]2CC[C@@H](C1)N2. The summed E-state index contributed by atoms with van der Waals surface area (Å²) in [5.41, 5.74) is 5.07. The standard InChI is InChI=1S/C22H23N5O/c1-13(15-8-17-3-4-18(9-15)25-17)20-6-7-21(27-26-20)19-5-2-14(10-22(19)28)16-11-23-24-12-16/h2,5-7,10-12,15,17-18,25,28H,1,3-4,8-9H2,(H,23,24)/t15?,17-,18+. The van der Waals surface area contributed by atoms with E-state index in [0.29, 0.717) is 29.3 Å². The summed E-state index contributed by atoms with van der Waals surface area (Å²) >= 11 is 0. The molecular formula is C22H23N5O. The van der Waals surface area contributed by atoms with Gasteiger partial charge in [0.1, 0.15) is 5.75 Å². The lowest BCUT2D eigenvalue weighted by Gasteiger charge is -2.30. The number of hydrogen-bond donors (Lipinski definition) is 3. The molecule has 2 fully saturated rings. The largest absolute Gasteiger partial charge is 0.507 e. The van der Waals surface area contributed by atoms with Crippen LogP contribution in [0.2, 0.25) is 0 Å². The highest BCUT2D eigenvalue weighted by molar-refractivity contribution is 5.74. The number of fused-ring (bicyclic) bond motifs is 2. The summed E-state index contributed by atoms with van der Waals surface area (Å²) in [5.74, 6) is 0.649. The number of nitrogens with zero attached hydrogens (tertiary/aromatic N) is 3. The quantitative estimate of drug-likeness (QED) is 0.648. The van der Waals surface area contributed by atoms with Gasteiger partial charge < -0.3 is 10.4 Å². The van der Waals surface area contributed by atoms with Crippen LogP contribution in [0.5, 0.6) is 5.75 Å². The Labute approximate surface area is 163 Å². The van der Waals surface area contributed by atoms with Crippen molar-refractivity contribution < 1.29 is 5.11 Å². The monoisotopic (exact) mass is 373 g/mol. The van der Waals surface area contributed by atoms with Crippen LogP contribution < -0.4 is 5.32 Å². The zero-order valence-corrected chi connectivity index (χ0v) is 15.6. The van der Waals surface area contributed by atoms with E-state index in [9.17, 15) is 5.11 Å². The Balaban J connectivity index is 1.36. The second-order valence-electron chi connectivity index (χ2n) is 7.85. The number of allylic oxidation sites excluding steroid dienone is 1. The smallest absolute Gasteiger partial charge is 0.125 e. The first-order valence-electron chi connectivity index (χ1n) is 9.79. The van der Waals surface area contributed by atoms with Gasteiger partial charge in [-0.15, -0.1) is 5.10 Å². The molecule has 1 aromatic carbocycles. The van der Waals surface area contributed by atoms with Crippen molar-refractivity contribution in [3.63, 3.8) is 0 Å². The van der Waals surface area contributed by atoms with Crippen LogP contribution in [0, 0.1) is 5.92 Å². The average Bonchev–Trinajstić information content (AvgIpc) is 3.37. The zero-order chi connectivity index (χ0) is 19.1. The van der Waals surface area contributed by atoms with Crippen molar-refractivity contribution in [1.82, 2.24) is 25.7 Å². The van der Waals surface area contributed by atoms with Gasteiger partial charge >= 0.3 is 0 Å². The van der Waals surface area contributed by atoms with E-state index in [1.807, 2.05) is 24.3 Å². The van der Waals surface area contributed by atoms with Gasteiger partial charge in [0, 0.05) is 29.4 Å². The molecule has 3 N–H and O–H groups in total. The van der Waals surface area contributed by atoms with Crippen molar-refractivity contribution in [3.8, 4) is 28.1 Å². The maximum Gasteiger partial charge on any atom is 0.125 e. The first kappa shape index (κ1) is 17.1. The third-order valence-electron chi connectivity index (χ3n) is 6.06. The van der Waals surface area contributed by atoms with Gasteiger partial charge in [0.05, 0.1) is 17.6 Å². The molecule has 0 amide bonds. The van der Waals surface area contributed by atoms with Gasteiger partial charge in [-0.3, -0.25) is 5.10 Å². The number of aromatic hydroxyl groups is 1. The number of nitrogens with one attached hydrogen (secondary N) is 2. The topological polar surface area (TPSA) is 86.7 Å². The van der Waals surface area contributed by atoms with Crippen LogP contribution in [0.25, 0.3) is 28.0 Å². The van der Waals surface area contributed by atoms with Crippen molar-refractivity contribution in [2.24, 2.45) is 5.92 Å². The molecule has 3 atom stereocenters. The highest BCUT2D eigenvalue weighted by atomic mass is 16.3. The molecule has 2 saturated heterocycles. The summed E-state index contributed by atoms with van der Waals surface area (Å²) in [6, 6.07) is 10.7. The number of rotatable bonds is 4. The lowest BCUT2D eigenvalue weighted by atomic mass is 9.85. The van der Waals surface area contributed by atoms with Gasteiger partial charge in [-0.2, -0.15) is 10.2 Å². The molecule has 2 bridgehead atoms. The fourth-order valence-electron chi connectivity index (χ4n) is 4.53. The maximum absolute atomic E-state index is 10.5. The van der Waals surface area contributed by atoms with Crippen molar-refractivity contribution >= 4 is 5.57 Å². The Morgan fingerprint density at radius 2 is 1.86 bits per heavy atom. The van der Waals surface area contributed by atoms with Crippen LogP contribution in [0.1, 0.15) is 31.4 Å². The number of aromatic nitrogens is 4. The van der Waals surface area contributed by atoms with E-state index >= 15 is 0 Å². The highest BCUT2D eigenvalue weighted by Gasteiger charge is 2.35. The van der Waals surface area contributed by atoms with E-state index in [-0.39, 0.29) is 5.75 Å². The number of phenols is 1. The molecule has 0 spiro atoms. The predicted molar refractivity (Wildman–Crippen MR) is 108 cm³/mol. The minimum Gasteiger partial charge on any atom is -0.507 e. The molecule has 5 rings (SSSR count). The van der Waals surface area contributed by atoms with Crippen molar-refractivity contribution in [3.05, 3.63) is 55.0 Å². The third kappa shape index (κ3) is 3.10. The van der Waals surface area contributed by atoms with Gasteiger partial charge in [-0.25, -0.2) is 0 Å². The normalized spacial score (nSPS) is 23.6. The number of piperidine rings is 1. The van der Waals surface area contributed by atoms with Gasteiger partial charge in [0.15, 0.2) is 0 Å². The molecule has 6 heteroatoms. The summed E-state index contributed by atoms with van der Waals surface area (Å²) in [6.07, 6.45) is 8.33. The van der Waals surface area contributed by atoms with Crippen LogP contribution >= 0.6 is 0 Å². The van der Waals surface area contributed by atoms with E-state index in [1.54, 1.807) is 18.5 Å². The number of benzene rings is 1. The Bertz CT molecular complexity index is 984. The van der Waals surface area contributed by atoms with E-state index in [0.717, 1.165) is 35.2 Å². The molecule has 142 valence electrons. The molecule has 4 heterocycles. The van der Waals surface area contributed by atoms with Crippen molar-refractivity contribution in [1.29, 1.82) is 0 Å². The molecule has 2 aliphatic rings. The van der Waals surface area contributed by atoms with Crippen molar-refractivity contribution in [2.45, 2.75) is 37.8 Å². The van der Waals surface area contributed by atoms with Crippen LogP contribution in [0.15, 0.2) is 49.3 Å². The van der Waals surface area contributed by atoms with Gasteiger partial charge in [0.2, 0.25) is 0 Å². The first-order valence-corrected chi connectivity index (χ1v) is 9.79. The van der Waals surface area contributed by atoms with E-state index in [2.05, 4.69) is 32.3 Å². The Kier molecular flexibility index (Phi) is 4.20. The van der Waals surface area contributed by atoms with Gasteiger partial charge in [-0.1, -0.05) is 12.6 Å². The van der Waals surface area contributed by atoms with E-state index in [1.165, 1.54) is 12.8 Å². The molecule has 28 heavy (non-hydrogen) atoms. The zero-order valence-electron chi connectivity index (χ0n) is 15.6. The minimum atomic E-state index is 0.175. The lowest BCUT2D eigenvalue weighted by Crippen LogP contribution is -2.38. The molecule has 1 unspecified atom stereocenters. The van der Waals surface area contributed by atoms with Crippen LogP contribution in [-0.2, 0) is 0 Å². The van der Waals surface area contributed by atoms with Gasteiger partial charge in [-0.05, 0) is 67.0 Å². The molecule has 6 nitrogen and oxygen atoms in total. The molecular weight excluding hydrogens is 350 g/mol. The third-order valence-corrected chi connectivity index (χ3v) is 6.06. The predicted octanol–water partition coefficient (Wildman–Crippen LogP) is 3.78. The van der Waals surface area contributed by atoms with Crippen LogP contribution in [0.3, 0.4) is 0 Å². The second-order valence-corrected chi connectivity index (χ2v) is 7.85. The molecule has 2 aromatic heterocycles. The Hall–Kier alpha value is -2.99.